The molecule has 4 heteroatoms. The number of ether oxygens (including phenoxy) is 1. The molecule has 2 atom stereocenters. The van der Waals surface area contributed by atoms with Crippen LogP contribution < -0.4 is 0 Å². The second-order valence-electron chi connectivity index (χ2n) is 2.43. The number of rotatable bonds is 2. The molecule has 0 N–H and O–H groups in total. The van der Waals surface area contributed by atoms with Crippen molar-refractivity contribution in [2.75, 3.05) is 0 Å². The molecule has 0 saturated carbocycles. The molecule has 1 nitrogen and oxygen atoms in total. The van der Waals surface area contributed by atoms with Crippen molar-refractivity contribution in [2.45, 2.75) is 38.1 Å². The van der Waals surface area contributed by atoms with Gasteiger partial charge in [-0.2, -0.15) is 13.2 Å². The van der Waals surface area contributed by atoms with Crippen molar-refractivity contribution in [3.8, 4) is 0 Å². The summed E-state index contributed by atoms with van der Waals surface area (Å²) in [6.07, 6.45) is -4.89. The summed E-state index contributed by atoms with van der Waals surface area (Å²) in [6.45, 7) is 1.84. The van der Waals surface area contributed by atoms with Gasteiger partial charge in [0.25, 0.3) is 0 Å². The Morgan fingerprint density at radius 2 is 2.00 bits per heavy atom. The summed E-state index contributed by atoms with van der Waals surface area (Å²) in [5, 5.41) is 0. The van der Waals surface area contributed by atoms with Gasteiger partial charge in [-0.25, -0.2) is 0 Å². The zero-order valence-corrected chi connectivity index (χ0v) is 5.61. The number of hydrogen-bond acceptors (Lipinski definition) is 1. The van der Waals surface area contributed by atoms with Crippen LogP contribution in [0.2, 0.25) is 0 Å². The van der Waals surface area contributed by atoms with Gasteiger partial charge in [0.05, 0.1) is 6.10 Å². The van der Waals surface area contributed by atoms with Gasteiger partial charge in [-0.05, 0) is 6.42 Å². The highest BCUT2D eigenvalue weighted by molar-refractivity contribution is 4.90. The Bertz CT molecular complexity index is 121. The van der Waals surface area contributed by atoms with Crippen LogP contribution in [0.1, 0.15) is 19.8 Å². The molecule has 0 aromatic carbocycles. The maximum Gasteiger partial charge on any atom is 0.417 e. The minimum absolute atomic E-state index is 0.518. The van der Waals surface area contributed by atoms with Crippen molar-refractivity contribution in [3.05, 3.63) is 0 Å². The highest BCUT2D eigenvalue weighted by Gasteiger charge is 2.57. The SMILES string of the molecule is CCCC1OC1C(F)(F)F. The Labute approximate surface area is 57.2 Å². The van der Waals surface area contributed by atoms with Crippen LogP contribution in [0.25, 0.3) is 0 Å². The largest absolute Gasteiger partial charge is 0.417 e. The third-order valence-corrected chi connectivity index (χ3v) is 1.48. The summed E-state index contributed by atoms with van der Waals surface area (Å²) in [4.78, 5) is 0. The van der Waals surface area contributed by atoms with E-state index in [1.54, 1.807) is 0 Å². The maximum absolute atomic E-state index is 11.7. The minimum Gasteiger partial charge on any atom is -0.360 e. The van der Waals surface area contributed by atoms with E-state index in [1.165, 1.54) is 0 Å². The highest BCUT2D eigenvalue weighted by atomic mass is 19.4. The van der Waals surface area contributed by atoms with Crippen molar-refractivity contribution in [3.63, 3.8) is 0 Å². The summed E-state index contributed by atoms with van der Waals surface area (Å²) in [5.74, 6) is 0. The van der Waals surface area contributed by atoms with Crippen molar-refractivity contribution < 1.29 is 17.9 Å². The maximum atomic E-state index is 11.7. The lowest BCUT2D eigenvalue weighted by Crippen LogP contribution is -2.18. The van der Waals surface area contributed by atoms with E-state index in [9.17, 15) is 13.2 Å². The quantitative estimate of drug-likeness (QED) is 0.555. The Morgan fingerprint density at radius 1 is 1.40 bits per heavy atom. The van der Waals surface area contributed by atoms with E-state index in [2.05, 4.69) is 4.74 Å². The minimum atomic E-state index is -4.14. The van der Waals surface area contributed by atoms with Crippen LogP contribution in [0.3, 0.4) is 0 Å². The molecule has 10 heavy (non-hydrogen) atoms. The molecule has 1 heterocycles. The first-order chi connectivity index (χ1) is 4.55. The first-order valence-corrected chi connectivity index (χ1v) is 3.28. The molecule has 0 aromatic heterocycles. The standard InChI is InChI=1S/C6H9F3O/c1-2-3-4-5(10-4)6(7,8)9/h4-5H,2-3H2,1H3. The lowest BCUT2D eigenvalue weighted by Gasteiger charge is -1.98. The van der Waals surface area contributed by atoms with Gasteiger partial charge in [0.1, 0.15) is 0 Å². The van der Waals surface area contributed by atoms with E-state index >= 15 is 0 Å². The summed E-state index contributed by atoms with van der Waals surface area (Å²) in [7, 11) is 0. The first-order valence-electron chi connectivity index (χ1n) is 3.28. The Hall–Kier alpha value is -0.250. The summed E-state index contributed by atoms with van der Waals surface area (Å²) in [6, 6.07) is 0. The second kappa shape index (κ2) is 2.42. The summed E-state index contributed by atoms with van der Waals surface area (Å²) in [5.41, 5.74) is 0. The number of epoxide rings is 1. The first kappa shape index (κ1) is 7.85. The average Bonchev–Trinajstić information content (AvgIpc) is 2.44. The molecule has 0 aliphatic carbocycles. The summed E-state index contributed by atoms with van der Waals surface area (Å²) < 4.78 is 39.5. The molecule has 1 aliphatic rings. The van der Waals surface area contributed by atoms with E-state index < -0.39 is 18.4 Å². The molecular formula is C6H9F3O. The van der Waals surface area contributed by atoms with E-state index in [0.29, 0.717) is 6.42 Å². The molecule has 1 fully saturated rings. The van der Waals surface area contributed by atoms with Gasteiger partial charge in [-0.1, -0.05) is 13.3 Å². The number of halogens is 3. The van der Waals surface area contributed by atoms with E-state index in [-0.39, 0.29) is 0 Å². The van der Waals surface area contributed by atoms with Crippen LogP contribution in [-0.4, -0.2) is 18.4 Å². The molecule has 60 valence electrons. The molecule has 1 aliphatic heterocycles. The van der Waals surface area contributed by atoms with Gasteiger partial charge in [-0.3, -0.25) is 0 Å². The molecule has 2 unspecified atom stereocenters. The lowest BCUT2D eigenvalue weighted by molar-refractivity contribution is -0.146. The molecule has 1 rings (SSSR count). The van der Waals surface area contributed by atoms with Crippen molar-refractivity contribution in [2.24, 2.45) is 0 Å². The van der Waals surface area contributed by atoms with Gasteiger partial charge in [0.2, 0.25) is 0 Å². The van der Waals surface area contributed by atoms with Crippen LogP contribution in [0, 0.1) is 0 Å². The predicted octanol–water partition coefficient (Wildman–Crippen LogP) is 2.12. The van der Waals surface area contributed by atoms with Crippen LogP contribution in [0.15, 0.2) is 0 Å². The Kier molecular flexibility index (Phi) is 1.90. The van der Waals surface area contributed by atoms with Crippen molar-refractivity contribution in [1.82, 2.24) is 0 Å². The van der Waals surface area contributed by atoms with E-state index in [0.717, 1.165) is 6.42 Å². The fraction of sp³-hybridized carbons (Fsp3) is 1.00. The van der Waals surface area contributed by atoms with Crippen LogP contribution in [0.5, 0.6) is 0 Å². The topological polar surface area (TPSA) is 12.5 Å². The van der Waals surface area contributed by atoms with E-state index in [4.69, 9.17) is 0 Å². The van der Waals surface area contributed by atoms with Gasteiger partial charge in [0, 0.05) is 0 Å². The smallest absolute Gasteiger partial charge is 0.360 e. The number of hydrogen-bond donors (Lipinski definition) is 0. The molecule has 1 saturated heterocycles. The lowest BCUT2D eigenvalue weighted by atomic mass is 10.2. The van der Waals surface area contributed by atoms with Gasteiger partial charge < -0.3 is 4.74 Å². The molecule has 0 spiro atoms. The van der Waals surface area contributed by atoms with E-state index in [1.807, 2.05) is 6.92 Å². The van der Waals surface area contributed by atoms with Gasteiger partial charge in [0.15, 0.2) is 6.10 Å². The second-order valence-corrected chi connectivity index (χ2v) is 2.43. The normalized spacial score (nSPS) is 32.4. The molecular weight excluding hydrogens is 145 g/mol. The fourth-order valence-electron chi connectivity index (χ4n) is 0.935. The predicted molar refractivity (Wildman–Crippen MR) is 29.6 cm³/mol. The zero-order valence-electron chi connectivity index (χ0n) is 5.61. The van der Waals surface area contributed by atoms with Gasteiger partial charge >= 0.3 is 6.18 Å². The molecule has 0 amide bonds. The summed E-state index contributed by atoms with van der Waals surface area (Å²) >= 11 is 0. The fourth-order valence-corrected chi connectivity index (χ4v) is 0.935. The third-order valence-electron chi connectivity index (χ3n) is 1.48. The third kappa shape index (κ3) is 1.62. The Morgan fingerprint density at radius 3 is 2.30 bits per heavy atom. The van der Waals surface area contributed by atoms with Crippen molar-refractivity contribution >= 4 is 0 Å². The van der Waals surface area contributed by atoms with Crippen LogP contribution in [0.4, 0.5) is 13.2 Å². The highest BCUT2D eigenvalue weighted by Crippen LogP contribution is 2.39. The van der Waals surface area contributed by atoms with Gasteiger partial charge in [-0.15, -0.1) is 0 Å². The molecule has 0 radical (unpaired) electrons. The Balaban J connectivity index is 2.25. The zero-order chi connectivity index (χ0) is 7.78. The molecule has 0 bridgehead atoms. The van der Waals surface area contributed by atoms with Crippen LogP contribution >= 0.6 is 0 Å². The van der Waals surface area contributed by atoms with Crippen LogP contribution in [-0.2, 0) is 4.74 Å². The number of alkyl halides is 3. The average molecular weight is 154 g/mol. The monoisotopic (exact) mass is 154 g/mol. The van der Waals surface area contributed by atoms with Crippen molar-refractivity contribution in [1.29, 1.82) is 0 Å². The molecule has 0 aromatic rings.